The van der Waals surface area contributed by atoms with E-state index in [4.69, 9.17) is 11.6 Å². The summed E-state index contributed by atoms with van der Waals surface area (Å²) in [6.07, 6.45) is -1.62. The van der Waals surface area contributed by atoms with E-state index in [1.165, 1.54) is 6.20 Å². The molecule has 88 valence electrons. The van der Waals surface area contributed by atoms with Crippen molar-refractivity contribution in [2.24, 2.45) is 0 Å². The standard InChI is InChI=1S/C9H7BrClF2NO2/c1-16-9(15)7-5(8(12)13)6(11)4(2-10)3-14-7/h3,8H,2H2,1H3. The van der Waals surface area contributed by atoms with E-state index in [1.54, 1.807) is 0 Å². The van der Waals surface area contributed by atoms with Crippen LogP contribution in [0, 0.1) is 0 Å². The lowest BCUT2D eigenvalue weighted by molar-refractivity contribution is 0.0581. The van der Waals surface area contributed by atoms with Gasteiger partial charge in [0.25, 0.3) is 6.43 Å². The number of carbonyl (C=O) groups is 1. The number of hydrogen-bond acceptors (Lipinski definition) is 3. The molecule has 0 saturated heterocycles. The van der Waals surface area contributed by atoms with E-state index >= 15 is 0 Å². The monoisotopic (exact) mass is 313 g/mol. The first-order valence-electron chi connectivity index (χ1n) is 4.12. The number of ether oxygens (including phenoxy) is 1. The molecule has 1 aromatic heterocycles. The van der Waals surface area contributed by atoms with Crippen molar-refractivity contribution in [1.29, 1.82) is 0 Å². The van der Waals surface area contributed by atoms with E-state index in [0.29, 0.717) is 5.56 Å². The number of hydrogen-bond donors (Lipinski definition) is 0. The van der Waals surface area contributed by atoms with Gasteiger partial charge in [0.15, 0.2) is 5.69 Å². The first-order valence-corrected chi connectivity index (χ1v) is 5.62. The van der Waals surface area contributed by atoms with Crippen LogP contribution in [0.3, 0.4) is 0 Å². The number of alkyl halides is 3. The molecule has 0 N–H and O–H groups in total. The Morgan fingerprint density at radius 1 is 1.69 bits per heavy atom. The number of rotatable bonds is 3. The third kappa shape index (κ3) is 2.49. The third-order valence-corrected chi connectivity index (χ3v) is 2.91. The van der Waals surface area contributed by atoms with Crippen LogP contribution >= 0.6 is 27.5 Å². The lowest BCUT2D eigenvalue weighted by Crippen LogP contribution is -2.10. The van der Waals surface area contributed by atoms with Crippen LogP contribution in [0.2, 0.25) is 5.02 Å². The minimum Gasteiger partial charge on any atom is -0.464 e. The smallest absolute Gasteiger partial charge is 0.357 e. The molecule has 3 nitrogen and oxygen atoms in total. The molecule has 0 aliphatic heterocycles. The van der Waals surface area contributed by atoms with Gasteiger partial charge in [0.2, 0.25) is 0 Å². The largest absolute Gasteiger partial charge is 0.464 e. The predicted molar refractivity (Wildman–Crippen MR) is 58.2 cm³/mol. The molecule has 0 aromatic carbocycles. The normalized spacial score (nSPS) is 10.6. The highest BCUT2D eigenvalue weighted by atomic mass is 79.9. The average Bonchev–Trinajstić information content (AvgIpc) is 2.26. The SMILES string of the molecule is COC(=O)c1ncc(CBr)c(Cl)c1C(F)F. The molecule has 0 bridgehead atoms. The van der Waals surface area contributed by atoms with Crippen LogP contribution in [-0.2, 0) is 10.1 Å². The van der Waals surface area contributed by atoms with Crippen LogP contribution in [0.1, 0.15) is 28.0 Å². The van der Waals surface area contributed by atoms with Gasteiger partial charge < -0.3 is 4.74 Å². The fraction of sp³-hybridized carbons (Fsp3) is 0.333. The van der Waals surface area contributed by atoms with Gasteiger partial charge in [-0.2, -0.15) is 0 Å². The van der Waals surface area contributed by atoms with Gasteiger partial charge in [-0.1, -0.05) is 27.5 Å². The van der Waals surface area contributed by atoms with Crippen molar-refractivity contribution < 1.29 is 18.3 Å². The van der Waals surface area contributed by atoms with E-state index in [0.717, 1.165) is 7.11 Å². The molecule has 7 heteroatoms. The predicted octanol–water partition coefficient (Wildman–Crippen LogP) is 3.35. The van der Waals surface area contributed by atoms with Crippen LogP contribution in [0.25, 0.3) is 0 Å². The number of aromatic nitrogens is 1. The van der Waals surface area contributed by atoms with Gasteiger partial charge in [0.05, 0.1) is 17.7 Å². The van der Waals surface area contributed by atoms with Crippen molar-refractivity contribution in [3.8, 4) is 0 Å². The van der Waals surface area contributed by atoms with Crippen molar-refractivity contribution in [3.05, 3.63) is 28.0 Å². The molecule has 0 atom stereocenters. The first-order chi connectivity index (χ1) is 7.52. The molecule has 0 spiro atoms. The lowest BCUT2D eigenvalue weighted by atomic mass is 10.1. The maximum atomic E-state index is 12.8. The number of pyridine rings is 1. The number of esters is 1. The quantitative estimate of drug-likeness (QED) is 0.634. The minimum atomic E-state index is -2.88. The summed E-state index contributed by atoms with van der Waals surface area (Å²) in [4.78, 5) is 14.8. The molecule has 0 amide bonds. The van der Waals surface area contributed by atoms with E-state index in [9.17, 15) is 13.6 Å². The summed E-state index contributed by atoms with van der Waals surface area (Å²) >= 11 is 8.84. The molecule has 1 rings (SSSR count). The molecule has 0 radical (unpaired) electrons. The first kappa shape index (κ1) is 13.3. The zero-order valence-electron chi connectivity index (χ0n) is 8.14. The average molecular weight is 315 g/mol. The summed E-state index contributed by atoms with van der Waals surface area (Å²) in [7, 11) is 1.09. The molecular formula is C9H7BrClF2NO2. The molecule has 0 fully saturated rings. The van der Waals surface area contributed by atoms with Crippen LogP contribution < -0.4 is 0 Å². The van der Waals surface area contributed by atoms with Gasteiger partial charge in [-0.05, 0) is 0 Å². The van der Waals surface area contributed by atoms with Gasteiger partial charge in [-0.15, -0.1) is 0 Å². The van der Waals surface area contributed by atoms with Crippen molar-refractivity contribution >= 4 is 33.5 Å². The Bertz CT molecular complexity index is 415. The molecule has 1 aromatic rings. The zero-order chi connectivity index (χ0) is 12.3. The maximum absolute atomic E-state index is 12.8. The molecule has 0 saturated carbocycles. The number of methoxy groups -OCH3 is 1. The van der Waals surface area contributed by atoms with Crippen molar-refractivity contribution in [2.75, 3.05) is 7.11 Å². The summed E-state index contributed by atoms with van der Waals surface area (Å²) in [5.41, 5.74) is -0.651. The Morgan fingerprint density at radius 2 is 2.31 bits per heavy atom. The third-order valence-electron chi connectivity index (χ3n) is 1.86. The van der Waals surface area contributed by atoms with E-state index < -0.39 is 23.7 Å². The topological polar surface area (TPSA) is 39.2 Å². The van der Waals surface area contributed by atoms with Crippen molar-refractivity contribution in [2.45, 2.75) is 11.8 Å². The molecule has 0 aliphatic rings. The second-order valence-electron chi connectivity index (χ2n) is 2.79. The van der Waals surface area contributed by atoms with Crippen LogP contribution in [0.15, 0.2) is 6.20 Å². The summed E-state index contributed by atoms with van der Waals surface area (Å²) < 4.78 is 29.9. The van der Waals surface area contributed by atoms with Gasteiger partial charge in [-0.25, -0.2) is 18.6 Å². The van der Waals surface area contributed by atoms with Crippen molar-refractivity contribution in [1.82, 2.24) is 4.98 Å². The highest BCUT2D eigenvalue weighted by Gasteiger charge is 2.25. The van der Waals surface area contributed by atoms with E-state index in [2.05, 4.69) is 25.7 Å². The van der Waals surface area contributed by atoms with Gasteiger partial charge in [0, 0.05) is 17.1 Å². The molecule has 0 unspecified atom stereocenters. The summed E-state index contributed by atoms with van der Waals surface area (Å²) in [6.45, 7) is 0. The Morgan fingerprint density at radius 3 is 2.75 bits per heavy atom. The highest BCUT2D eigenvalue weighted by Crippen LogP contribution is 2.32. The Hall–Kier alpha value is -0.750. The summed E-state index contributed by atoms with van der Waals surface area (Å²) in [5, 5.41) is 0.113. The molecule has 1 heterocycles. The number of halogens is 4. The number of carbonyl (C=O) groups excluding carboxylic acids is 1. The lowest BCUT2D eigenvalue weighted by Gasteiger charge is -2.10. The molecule has 0 aliphatic carbocycles. The Balaban J connectivity index is 3.40. The fourth-order valence-electron chi connectivity index (χ4n) is 1.10. The van der Waals surface area contributed by atoms with Gasteiger partial charge in [-0.3, -0.25) is 0 Å². The second kappa shape index (κ2) is 5.54. The Labute approximate surface area is 104 Å². The van der Waals surface area contributed by atoms with Crippen LogP contribution in [0.5, 0.6) is 0 Å². The maximum Gasteiger partial charge on any atom is 0.357 e. The van der Waals surface area contributed by atoms with Gasteiger partial charge >= 0.3 is 5.97 Å². The highest BCUT2D eigenvalue weighted by molar-refractivity contribution is 9.08. The van der Waals surface area contributed by atoms with Crippen LogP contribution in [0.4, 0.5) is 8.78 Å². The number of nitrogens with zero attached hydrogens (tertiary/aromatic N) is 1. The van der Waals surface area contributed by atoms with E-state index in [-0.39, 0.29) is 10.4 Å². The van der Waals surface area contributed by atoms with E-state index in [1.807, 2.05) is 0 Å². The minimum absolute atomic E-state index is 0.165. The molecule has 16 heavy (non-hydrogen) atoms. The fourth-order valence-corrected chi connectivity index (χ4v) is 1.97. The summed E-state index contributed by atoms with van der Waals surface area (Å²) in [6, 6.07) is 0. The Kier molecular flexibility index (Phi) is 4.61. The van der Waals surface area contributed by atoms with Crippen LogP contribution in [-0.4, -0.2) is 18.1 Å². The summed E-state index contributed by atoms with van der Waals surface area (Å²) in [5.74, 6) is -0.932. The molecular weight excluding hydrogens is 307 g/mol. The van der Waals surface area contributed by atoms with Crippen molar-refractivity contribution in [3.63, 3.8) is 0 Å². The van der Waals surface area contributed by atoms with Gasteiger partial charge in [0.1, 0.15) is 0 Å². The second-order valence-corrected chi connectivity index (χ2v) is 3.72. The zero-order valence-corrected chi connectivity index (χ0v) is 10.5.